The van der Waals surface area contributed by atoms with Gasteiger partial charge in [-0.3, -0.25) is 9.80 Å². The third-order valence-corrected chi connectivity index (χ3v) is 3.54. The van der Waals surface area contributed by atoms with E-state index in [1.165, 1.54) is 12.8 Å². The maximum atomic E-state index is 12.3. The lowest BCUT2D eigenvalue weighted by atomic mass is 10.0. The summed E-state index contributed by atoms with van der Waals surface area (Å²) < 4.78 is 37.0. The molecule has 2 nitrogen and oxygen atoms in total. The van der Waals surface area contributed by atoms with Gasteiger partial charge >= 0.3 is 6.18 Å². The molecule has 0 N–H and O–H groups in total. The Bertz CT molecular complexity index is 230. The standard InChI is InChI=1S/C11H19F3N2/c12-11(13,14)9-15-5-3-7-16-6-2-1-4-10(16)8-15/h10H,1-9H2. The van der Waals surface area contributed by atoms with Gasteiger partial charge in [0.15, 0.2) is 0 Å². The molecule has 2 saturated heterocycles. The number of halogens is 3. The Labute approximate surface area is 94.4 Å². The van der Waals surface area contributed by atoms with Gasteiger partial charge in [0.25, 0.3) is 0 Å². The maximum absolute atomic E-state index is 12.3. The van der Waals surface area contributed by atoms with Gasteiger partial charge in [-0.15, -0.1) is 0 Å². The number of piperidine rings is 1. The number of rotatable bonds is 1. The van der Waals surface area contributed by atoms with Crippen LogP contribution in [0.1, 0.15) is 25.7 Å². The second-order valence-corrected chi connectivity index (χ2v) is 4.89. The first-order chi connectivity index (χ1) is 7.54. The molecular formula is C11H19F3N2. The summed E-state index contributed by atoms with van der Waals surface area (Å²) in [6.07, 6.45) is 0.252. The average molecular weight is 236 g/mol. The molecule has 2 aliphatic heterocycles. The summed E-state index contributed by atoms with van der Waals surface area (Å²) in [5, 5.41) is 0. The minimum Gasteiger partial charge on any atom is -0.299 e. The van der Waals surface area contributed by atoms with Crippen LogP contribution in [0, 0.1) is 0 Å². The van der Waals surface area contributed by atoms with Gasteiger partial charge in [-0.05, 0) is 38.9 Å². The van der Waals surface area contributed by atoms with E-state index in [1.807, 2.05) is 0 Å². The number of alkyl halides is 3. The molecule has 0 saturated carbocycles. The smallest absolute Gasteiger partial charge is 0.299 e. The maximum Gasteiger partial charge on any atom is 0.401 e. The van der Waals surface area contributed by atoms with Gasteiger partial charge in [-0.1, -0.05) is 6.42 Å². The predicted octanol–water partition coefficient (Wildman–Crippen LogP) is 2.11. The Morgan fingerprint density at radius 3 is 2.50 bits per heavy atom. The fraction of sp³-hybridized carbons (Fsp3) is 1.00. The second kappa shape index (κ2) is 4.92. The van der Waals surface area contributed by atoms with E-state index in [1.54, 1.807) is 4.90 Å². The molecule has 0 aromatic carbocycles. The molecule has 1 atom stereocenters. The quantitative estimate of drug-likeness (QED) is 0.688. The van der Waals surface area contributed by atoms with E-state index in [4.69, 9.17) is 0 Å². The lowest BCUT2D eigenvalue weighted by Gasteiger charge is -2.35. The van der Waals surface area contributed by atoms with Crippen LogP contribution >= 0.6 is 0 Å². The Balaban J connectivity index is 1.92. The lowest BCUT2D eigenvalue weighted by molar-refractivity contribution is -0.146. The summed E-state index contributed by atoms with van der Waals surface area (Å²) in [5.74, 6) is 0. The highest BCUT2D eigenvalue weighted by Crippen LogP contribution is 2.23. The van der Waals surface area contributed by atoms with E-state index in [0.717, 1.165) is 25.9 Å². The van der Waals surface area contributed by atoms with Gasteiger partial charge in [-0.2, -0.15) is 13.2 Å². The summed E-state index contributed by atoms with van der Waals surface area (Å²) in [4.78, 5) is 3.95. The third-order valence-electron chi connectivity index (χ3n) is 3.54. The fourth-order valence-electron chi connectivity index (χ4n) is 2.85. The summed E-state index contributed by atoms with van der Waals surface area (Å²) in [6.45, 7) is 2.49. The van der Waals surface area contributed by atoms with Crippen molar-refractivity contribution in [3.05, 3.63) is 0 Å². The van der Waals surface area contributed by atoms with Crippen molar-refractivity contribution in [3.63, 3.8) is 0 Å². The van der Waals surface area contributed by atoms with E-state index in [9.17, 15) is 13.2 Å². The van der Waals surface area contributed by atoms with Crippen molar-refractivity contribution in [1.82, 2.24) is 9.80 Å². The molecule has 1 unspecified atom stereocenters. The molecule has 2 aliphatic rings. The molecule has 0 spiro atoms. The lowest BCUT2D eigenvalue weighted by Crippen LogP contribution is -2.45. The summed E-state index contributed by atoms with van der Waals surface area (Å²) in [7, 11) is 0. The summed E-state index contributed by atoms with van der Waals surface area (Å²) >= 11 is 0. The zero-order chi connectivity index (χ0) is 11.6. The Morgan fingerprint density at radius 2 is 1.75 bits per heavy atom. The van der Waals surface area contributed by atoms with E-state index in [0.29, 0.717) is 19.1 Å². The van der Waals surface area contributed by atoms with Crippen LogP contribution in [0.2, 0.25) is 0 Å². The molecule has 2 rings (SSSR count). The van der Waals surface area contributed by atoms with Crippen molar-refractivity contribution >= 4 is 0 Å². The molecule has 2 fully saturated rings. The highest BCUT2D eigenvalue weighted by atomic mass is 19.4. The molecular weight excluding hydrogens is 217 g/mol. The molecule has 0 aromatic heterocycles. The first kappa shape index (κ1) is 12.2. The summed E-state index contributed by atoms with van der Waals surface area (Å²) in [6, 6.07) is 0.360. The molecule has 0 amide bonds. The minimum absolute atomic E-state index is 0.360. The van der Waals surface area contributed by atoms with Crippen molar-refractivity contribution in [2.75, 3.05) is 32.7 Å². The van der Waals surface area contributed by atoms with E-state index < -0.39 is 12.7 Å². The second-order valence-electron chi connectivity index (χ2n) is 4.89. The van der Waals surface area contributed by atoms with Crippen LogP contribution < -0.4 is 0 Å². The fourth-order valence-corrected chi connectivity index (χ4v) is 2.85. The Kier molecular flexibility index (Phi) is 3.74. The van der Waals surface area contributed by atoms with E-state index >= 15 is 0 Å². The van der Waals surface area contributed by atoms with Gasteiger partial charge in [0.05, 0.1) is 6.54 Å². The van der Waals surface area contributed by atoms with Crippen molar-refractivity contribution < 1.29 is 13.2 Å². The number of fused-ring (bicyclic) bond motifs is 1. The van der Waals surface area contributed by atoms with E-state index in [2.05, 4.69) is 4.90 Å². The van der Waals surface area contributed by atoms with Crippen molar-refractivity contribution in [1.29, 1.82) is 0 Å². The molecule has 94 valence electrons. The van der Waals surface area contributed by atoms with Gasteiger partial charge in [0.2, 0.25) is 0 Å². The average Bonchev–Trinajstić information content (AvgIpc) is 2.36. The van der Waals surface area contributed by atoms with Crippen LogP contribution in [0.15, 0.2) is 0 Å². The Hall–Kier alpha value is -0.290. The number of nitrogens with zero attached hydrogens (tertiary/aromatic N) is 2. The SMILES string of the molecule is FC(F)(F)CN1CCCN2CCCCC2C1. The van der Waals surface area contributed by atoms with Gasteiger partial charge < -0.3 is 0 Å². The number of hydrogen-bond acceptors (Lipinski definition) is 2. The van der Waals surface area contributed by atoms with Crippen LogP contribution in [-0.2, 0) is 0 Å². The molecule has 16 heavy (non-hydrogen) atoms. The molecule has 5 heteroatoms. The topological polar surface area (TPSA) is 6.48 Å². The molecule has 0 radical (unpaired) electrons. The predicted molar refractivity (Wildman–Crippen MR) is 56.3 cm³/mol. The molecule has 0 bridgehead atoms. The molecule has 0 aliphatic carbocycles. The molecule has 2 heterocycles. The van der Waals surface area contributed by atoms with Crippen LogP contribution in [0.3, 0.4) is 0 Å². The monoisotopic (exact) mass is 236 g/mol. The number of hydrogen-bond donors (Lipinski definition) is 0. The van der Waals surface area contributed by atoms with Gasteiger partial charge in [-0.25, -0.2) is 0 Å². The van der Waals surface area contributed by atoms with Crippen LogP contribution in [0.4, 0.5) is 13.2 Å². The van der Waals surface area contributed by atoms with E-state index in [-0.39, 0.29) is 0 Å². The van der Waals surface area contributed by atoms with Crippen LogP contribution in [0.25, 0.3) is 0 Å². The first-order valence-electron chi connectivity index (χ1n) is 6.08. The highest BCUT2D eigenvalue weighted by Gasteiger charge is 2.34. The normalized spacial score (nSPS) is 29.8. The largest absolute Gasteiger partial charge is 0.401 e. The Morgan fingerprint density at radius 1 is 1.00 bits per heavy atom. The van der Waals surface area contributed by atoms with Crippen molar-refractivity contribution in [2.45, 2.75) is 37.9 Å². The molecule has 0 aromatic rings. The summed E-state index contributed by atoms with van der Waals surface area (Å²) in [5.41, 5.74) is 0. The van der Waals surface area contributed by atoms with Crippen molar-refractivity contribution in [3.8, 4) is 0 Å². The third kappa shape index (κ3) is 3.35. The van der Waals surface area contributed by atoms with Crippen molar-refractivity contribution in [2.24, 2.45) is 0 Å². The minimum atomic E-state index is -4.05. The van der Waals surface area contributed by atoms with Crippen LogP contribution in [-0.4, -0.2) is 54.7 Å². The zero-order valence-corrected chi connectivity index (χ0v) is 9.47. The van der Waals surface area contributed by atoms with Gasteiger partial charge in [0, 0.05) is 12.6 Å². The zero-order valence-electron chi connectivity index (χ0n) is 9.47. The first-order valence-corrected chi connectivity index (χ1v) is 6.08. The van der Waals surface area contributed by atoms with Crippen LogP contribution in [0.5, 0.6) is 0 Å². The highest BCUT2D eigenvalue weighted by molar-refractivity contribution is 4.83. The van der Waals surface area contributed by atoms with Gasteiger partial charge in [0.1, 0.15) is 0 Å².